The first kappa shape index (κ1) is 21.1. The van der Waals surface area contributed by atoms with Crippen LogP contribution in [0.3, 0.4) is 0 Å². The van der Waals surface area contributed by atoms with Gasteiger partial charge in [-0.2, -0.15) is 0 Å². The number of hydrogen-bond acceptors (Lipinski definition) is 4. The van der Waals surface area contributed by atoms with Gasteiger partial charge in [0.1, 0.15) is 5.88 Å². The summed E-state index contributed by atoms with van der Waals surface area (Å²) in [7, 11) is 0. The van der Waals surface area contributed by atoms with Gasteiger partial charge in [-0.15, -0.1) is 23.4 Å². The minimum Gasteiger partial charge on any atom is -0.373 e. The Morgan fingerprint density at radius 1 is 1.27 bits per heavy atom. The molecule has 0 heterocycles. The number of aryl methyl sites for hydroxylation is 1. The number of amides is 1. The van der Waals surface area contributed by atoms with E-state index < -0.39 is 0 Å². The Balaban J connectivity index is 2.37. The predicted molar refractivity (Wildman–Crippen MR) is 112 cm³/mol. The summed E-state index contributed by atoms with van der Waals surface area (Å²) >= 11 is 7.75. The number of oxime groups is 1. The molecule has 1 aromatic carbocycles. The maximum absolute atomic E-state index is 12.6. The van der Waals surface area contributed by atoms with Crippen molar-refractivity contribution in [2.45, 2.75) is 64.2 Å². The van der Waals surface area contributed by atoms with Crippen LogP contribution in [-0.2, 0) is 22.5 Å². The minimum atomic E-state index is -0.150. The molecule has 0 N–H and O–H groups in total. The van der Waals surface area contributed by atoms with Crippen molar-refractivity contribution in [1.82, 2.24) is 0 Å². The van der Waals surface area contributed by atoms with Crippen LogP contribution in [0.2, 0.25) is 0 Å². The molecule has 0 atom stereocenters. The van der Waals surface area contributed by atoms with Gasteiger partial charge < -0.3 is 4.84 Å². The normalized spacial score (nSPS) is 13.3. The SMILES string of the molecule is CCCSc1ccc(CC)c(N(CON=C2CCC2)C(=O)CCl)c1CC. The van der Waals surface area contributed by atoms with E-state index in [9.17, 15) is 4.79 Å². The van der Waals surface area contributed by atoms with E-state index in [1.54, 1.807) is 4.90 Å². The number of carbonyl (C=O) groups excluding carboxylic acids is 1. The number of rotatable bonds is 10. The lowest BCUT2D eigenvalue weighted by Crippen LogP contribution is -2.35. The maximum Gasteiger partial charge on any atom is 0.244 e. The molecule has 1 amide bonds. The molecule has 0 saturated heterocycles. The van der Waals surface area contributed by atoms with Crippen molar-refractivity contribution in [3.63, 3.8) is 0 Å². The fraction of sp³-hybridized carbons (Fsp3) is 0.600. The molecule has 0 aliphatic heterocycles. The maximum atomic E-state index is 12.6. The highest BCUT2D eigenvalue weighted by atomic mass is 35.5. The molecule has 6 heteroatoms. The second-order valence-electron chi connectivity index (χ2n) is 6.33. The topological polar surface area (TPSA) is 41.9 Å². The van der Waals surface area contributed by atoms with Crippen LogP contribution in [0.5, 0.6) is 0 Å². The number of halogens is 1. The van der Waals surface area contributed by atoms with Crippen LogP contribution in [0, 0.1) is 0 Å². The average Bonchev–Trinajstić information content (AvgIpc) is 2.63. The van der Waals surface area contributed by atoms with Crippen LogP contribution in [0.4, 0.5) is 5.69 Å². The van der Waals surface area contributed by atoms with Crippen molar-refractivity contribution in [2.24, 2.45) is 5.16 Å². The molecule has 0 radical (unpaired) electrons. The van der Waals surface area contributed by atoms with Crippen LogP contribution in [0.15, 0.2) is 22.2 Å². The Morgan fingerprint density at radius 3 is 2.58 bits per heavy atom. The Kier molecular flexibility index (Phi) is 8.79. The summed E-state index contributed by atoms with van der Waals surface area (Å²) in [5, 5.41) is 4.17. The van der Waals surface area contributed by atoms with Gasteiger partial charge in [-0.3, -0.25) is 9.69 Å². The lowest BCUT2D eigenvalue weighted by Gasteiger charge is -2.27. The Labute approximate surface area is 166 Å². The van der Waals surface area contributed by atoms with Gasteiger partial charge in [-0.25, -0.2) is 0 Å². The molecule has 1 saturated carbocycles. The quantitative estimate of drug-likeness (QED) is 0.230. The van der Waals surface area contributed by atoms with Crippen LogP contribution in [0.1, 0.15) is 57.6 Å². The molecule has 26 heavy (non-hydrogen) atoms. The highest BCUT2D eigenvalue weighted by molar-refractivity contribution is 7.99. The van der Waals surface area contributed by atoms with Crippen molar-refractivity contribution in [1.29, 1.82) is 0 Å². The molecule has 1 aliphatic carbocycles. The highest BCUT2D eigenvalue weighted by Gasteiger charge is 2.23. The number of nitrogens with zero attached hydrogens (tertiary/aromatic N) is 2. The fourth-order valence-corrected chi connectivity index (χ4v) is 4.06. The van der Waals surface area contributed by atoms with Crippen LogP contribution >= 0.6 is 23.4 Å². The van der Waals surface area contributed by atoms with E-state index >= 15 is 0 Å². The first-order valence-electron chi connectivity index (χ1n) is 9.47. The van der Waals surface area contributed by atoms with Gasteiger partial charge in [0.15, 0.2) is 6.73 Å². The second-order valence-corrected chi connectivity index (χ2v) is 7.73. The van der Waals surface area contributed by atoms with Crippen molar-refractivity contribution in [2.75, 3.05) is 23.3 Å². The monoisotopic (exact) mass is 396 g/mol. The first-order valence-corrected chi connectivity index (χ1v) is 11.0. The largest absolute Gasteiger partial charge is 0.373 e. The van der Waals surface area contributed by atoms with Crippen molar-refractivity contribution in [3.05, 3.63) is 23.3 Å². The first-order chi connectivity index (χ1) is 12.7. The lowest BCUT2D eigenvalue weighted by atomic mass is 9.98. The Bertz CT molecular complexity index is 643. The summed E-state index contributed by atoms with van der Waals surface area (Å²) in [6.45, 7) is 6.52. The zero-order valence-electron chi connectivity index (χ0n) is 16.0. The van der Waals surface area contributed by atoms with Crippen molar-refractivity contribution >= 4 is 40.7 Å². The summed E-state index contributed by atoms with van der Waals surface area (Å²) in [5.74, 6) is 0.840. The van der Waals surface area contributed by atoms with E-state index in [1.165, 1.54) is 16.9 Å². The molecule has 1 aliphatic rings. The number of benzene rings is 1. The molecule has 1 aromatic rings. The highest BCUT2D eigenvalue weighted by Crippen LogP contribution is 2.35. The summed E-state index contributed by atoms with van der Waals surface area (Å²) in [6, 6.07) is 4.30. The second kappa shape index (κ2) is 10.8. The fourth-order valence-electron chi connectivity index (χ4n) is 2.91. The van der Waals surface area contributed by atoms with E-state index in [2.05, 4.69) is 38.1 Å². The smallest absolute Gasteiger partial charge is 0.244 e. The van der Waals surface area contributed by atoms with Gasteiger partial charge in [0, 0.05) is 4.90 Å². The number of thioether (sulfide) groups is 1. The van der Waals surface area contributed by atoms with Gasteiger partial charge in [0.25, 0.3) is 0 Å². The molecule has 0 spiro atoms. The van der Waals surface area contributed by atoms with Gasteiger partial charge in [-0.1, -0.05) is 32.0 Å². The minimum absolute atomic E-state index is 0.0709. The summed E-state index contributed by atoms with van der Waals surface area (Å²) in [5.41, 5.74) is 4.36. The number of anilines is 1. The number of alkyl halides is 1. The van der Waals surface area contributed by atoms with Gasteiger partial charge in [-0.05, 0) is 61.5 Å². The zero-order valence-corrected chi connectivity index (χ0v) is 17.6. The average molecular weight is 397 g/mol. The van der Waals surface area contributed by atoms with Crippen LogP contribution in [0.25, 0.3) is 0 Å². The van der Waals surface area contributed by atoms with Crippen LogP contribution < -0.4 is 4.90 Å². The third-order valence-electron chi connectivity index (χ3n) is 4.52. The van der Waals surface area contributed by atoms with Crippen molar-refractivity contribution < 1.29 is 9.63 Å². The van der Waals surface area contributed by atoms with Gasteiger partial charge in [0.05, 0.1) is 11.4 Å². The van der Waals surface area contributed by atoms with Gasteiger partial charge in [0.2, 0.25) is 5.91 Å². The predicted octanol–water partition coefficient (Wildman–Crippen LogP) is 5.40. The van der Waals surface area contributed by atoms with E-state index in [1.807, 2.05) is 11.8 Å². The molecule has 0 bridgehead atoms. The summed E-state index contributed by atoms with van der Waals surface area (Å²) in [4.78, 5) is 21.0. The Hall–Kier alpha value is -1.20. The molecule has 1 fully saturated rings. The third kappa shape index (κ3) is 5.17. The van der Waals surface area contributed by atoms with E-state index in [0.29, 0.717) is 0 Å². The van der Waals surface area contributed by atoms with Crippen LogP contribution in [-0.4, -0.2) is 30.0 Å². The van der Waals surface area contributed by atoms with E-state index in [0.717, 1.165) is 54.8 Å². The summed E-state index contributed by atoms with van der Waals surface area (Å²) in [6.07, 6.45) is 5.98. The molecule has 4 nitrogen and oxygen atoms in total. The molecular weight excluding hydrogens is 368 g/mol. The molecule has 0 unspecified atom stereocenters. The van der Waals surface area contributed by atoms with Crippen molar-refractivity contribution in [3.8, 4) is 0 Å². The molecular formula is C20H29ClN2O2S. The van der Waals surface area contributed by atoms with E-state index in [4.69, 9.17) is 16.4 Å². The number of hydrogen-bond donors (Lipinski definition) is 0. The summed E-state index contributed by atoms with van der Waals surface area (Å²) < 4.78 is 0. The van der Waals surface area contributed by atoms with Gasteiger partial charge >= 0.3 is 0 Å². The lowest BCUT2D eigenvalue weighted by molar-refractivity contribution is -0.117. The van der Waals surface area contributed by atoms with E-state index in [-0.39, 0.29) is 18.5 Å². The molecule has 144 valence electrons. The molecule has 2 rings (SSSR count). The Morgan fingerprint density at radius 2 is 2.04 bits per heavy atom. The molecule has 0 aromatic heterocycles. The number of carbonyl (C=O) groups is 1. The standard InChI is InChI=1S/C20H29ClN2O2S/c1-4-12-26-18-11-10-15(5-2)20(17(18)6-3)23(19(24)13-21)14-25-22-16-8-7-9-16/h10-11H,4-9,12-14H2,1-3H3. The third-order valence-corrected chi connectivity index (χ3v) is 6.05. The zero-order chi connectivity index (χ0) is 18.9.